The smallest absolute Gasteiger partial charge is 0.227 e. The fraction of sp³-hybridized carbons (Fsp3) is 0.294. The van der Waals surface area contributed by atoms with Crippen LogP contribution in [0.1, 0.15) is 11.7 Å². The molecule has 0 N–H and O–H groups in total. The highest BCUT2D eigenvalue weighted by atomic mass is 32.1. The molecule has 0 saturated carbocycles. The highest BCUT2D eigenvalue weighted by Crippen LogP contribution is 2.34. The summed E-state index contributed by atoms with van der Waals surface area (Å²) in [5.41, 5.74) is 1.98. The van der Waals surface area contributed by atoms with Crippen molar-refractivity contribution in [2.75, 3.05) is 31.2 Å². The third kappa shape index (κ3) is 2.46. The van der Waals surface area contributed by atoms with Gasteiger partial charge in [0.25, 0.3) is 0 Å². The van der Waals surface area contributed by atoms with E-state index in [1.54, 1.807) is 10.8 Å². The molecule has 1 aliphatic rings. The summed E-state index contributed by atoms with van der Waals surface area (Å²) in [5, 5.41) is 1.87. The maximum atomic E-state index is 12.5. The molecule has 0 aromatic carbocycles. The standard InChI is InChI=1S/C17H16N2O4S/c1-11(20)19-4-2-3-13(19)12-10-24-17-14(21)9-15(23-16(12)17)18-5-7-22-8-6-18/h2-4,9-10H,5-8H2,1H3. The third-order valence-corrected chi connectivity index (χ3v) is 5.09. The van der Waals surface area contributed by atoms with Crippen molar-refractivity contribution in [2.45, 2.75) is 6.92 Å². The zero-order valence-corrected chi connectivity index (χ0v) is 14.0. The molecule has 4 heterocycles. The van der Waals surface area contributed by atoms with Crippen LogP contribution >= 0.6 is 11.3 Å². The number of ether oxygens (including phenoxy) is 1. The average Bonchev–Trinajstić information content (AvgIpc) is 3.22. The van der Waals surface area contributed by atoms with Crippen LogP contribution in [-0.2, 0) is 4.74 Å². The molecule has 0 spiro atoms. The van der Waals surface area contributed by atoms with E-state index < -0.39 is 0 Å². The van der Waals surface area contributed by atoms with E-state index in [2.05, 4.69) is 0 Å². The van der Waals surface area contributed by atoms with Crippen LogP contribution in [-0.4, -0.2) is 36.8 Å². The van der Waals surface area contributed by atoms with Crippen molar-refractivity contribution < 1.29 is 13.9 Å². The minimum Gasteiger partial charge on any atom is -0.439 e. The molecule has 0 bridgehead atoms. The Hall–Kier alpha value is -2.38. The third-order valence-electron chi connectivity index (χ3n) is 4.12. The fourth-order valence-electron chi connectivity index (χ4n) is 2.92. The largest absolute Gasteiger partial charge is 0.439 e. The van der Waals surface area contributed by atoms with E-state index in [9.17, 15) is 9.59 Å². The van der Waals surface area contributed by atoms with Gasteiger partial charge in [-0.25, -0.2) is 0 Å². The van der Waals surface area contributed by atoms with E-state index in [0.717, 1.165) is 11.3 Å². The van der Waals surface area contributed by atoms with E-state index in [4.69, 9.17) is 9.15 Å². The molecular weight excluding hydrogens is 328 g/mol. The van der Waals surface area contributed by atoms with Gasteiger partial charge in [0.1, 0.15) is 4.70 Å². The Bertz CT molecular complexity index is 963. The van der Waals surface area contributed by atoms with Crippen molar-refractivity contribution in [3.8, 4) is 11.3 Å². The zero-order chi connectivity index (χ0) is 16.7. The molecule has 0 atom stereocenters. The second kappa shape index (κ2) is 5.92. The molecule has 0 amide bonds. The predicted molar refractivity (Wildman–Crippen MR) is 93.1 cm³/mol. The van der Waals surface area contributed by atoms with Gasteiger partial charge in [-0.15, -0.1) is 11.3 Å². The van der Waals surface area contributed by atoms with Crippen molar-refractivity contribution in [2.24, 2.45) is 0 Å². The normalized spacial score (nSPS) is 15.1. The van der Waals surface area contributed by atoms with E-state index in [0.29, 0.717) is 42.5 Å². The number of fused-ring (bicyclic) bond motifs is 1. The molecular formula is C17H16N2O4S. The number of thiophene rings is 1. The number of rotatable bonds is 2. The Balaban J connectivity index is 1.88. The Labute approximate surface area is 141 Å². The molecule has 1 fully saturated rings. The van der Waals surface area contributed by atoms with Gasteiger partial charge in [-0.1, -0.05) is 0 Å². The molecule has 0 aliphatic carbocycles. The molecule has 1 aliphatic heterocycles. The topological polar surface area (TPSA) is 64.7 Å². The maximum Gasteiger partial charge on any atom is 0.227 e. The molecule has 3 aromatic heterocycles. The number of morpholine rings is 1. The van der Waals surface area contributed by atoms with Gasteiger partial charge >= 0.3 is 0 Å². The van der Waals surface area contributed by atoms with Gasteiger partial charge in [-0.2, -0.15) is 0 Å². The van der Waals surface area contributed by atoms with Gasteiger partial charge in [0.15, 0.2) is 11.5 Å². The van der Waals surface area contributed by atoms with E-state index >= 15 is 0 Å². The molecule has 124 valence electrons. The van der Waals surface area contributed by atoms with Crippen LogP contribution in [0, 0.1) is 0 Å². The van der Waals surface area contributed by atoms with Crippen molar-refractivity contribution in [3.63, 3.8) is 0 Å². The molecule has 24 heavy (non-hydrogen) atoms. The molecule has 0 radical (unpaired) electrons. The van der Waals surface area contributed by atoms with E-state index in [-0.39, 0.29) is 11.3 Å². The minimum atomic E-state index is -0.0824. The first-order valence-electron chi connectivity index (χ1n) is 7.72. The second-order valence-corrected chi connectivity index (χ2v) is 6.52. The summed E-state index contributed by atoms with van der Waals surface area (Å²) in [7, 11) is 0. The van der Waals surface area contributed by atoms with Crippen LogP contribution in [0.4, 0.5) is 5.88 Å². The maximum absolute atomic E-state index is 12.5. The summed E-state index contributed by atoms with van der Waals surface area (Å²) in [4.78, 5) is 26.3. The van der Waals surface area contributed by atoms with Gasteiger partial charge in [0.05, 0.1) is 24.5 Å². The first-order chi connectivity index (χ1) is 11.6. The lowest BCUT2D eigenvalue weighted by Crippen LogP contribution is -2.36. The van der Waals surface area contributed by atoms with Crippen LogP contribution in [0.25, 0.3) is 21.5 Å². The molecule has 6 nitrogen and oxygen atoms in total. The number of nitrogens with zero attached hydrogens (tertiary/aromatic N) is 2. The Morgan fingerprint density at radius 3 is 2.83 bits per heavy atom. The van der Waals surface area contributed by atoms with Crippen LogP contribution in [0.2, 0.25) is 0 Å². The van der Waals surface area contributed by atoms with Crippen LogP contribution < -0.4 is 10.3 Å². The first kappa shape index (κ1) is 15.2. The quantitative estimate of drug-likeness (QED) is 0.715. The Morgan fingerprint density at radius 1 is 1.29 bits per heavy atom. The summed E-state index contributed by atoms with van der Waals surface area (Å²) in [6.45, 7) is 4.12. The Morgan fingerprint density at radius 2 is 2.08 bits per heavy atom. The number of anilines is 1. The molecule has 3 aromatic rings. The van der Waals surface area contributed by atoms with Crippen LogP contribution in [0.3, 0.4) is 0 Å². The lowest BCUT2D eigenvalue weighted by Gasteiger charge is -2.27. The van der Waals surface area contributed by atoms with Crippen LogP contribution in [0.15, 0.2) is 39.0 Å². The number of aromatic nitrogens is 1. The van der Waals surface area contributed by atoms with Crippen molar-refractivity contribution >= 4 is 33.4 Å². The molecule has 7 heteroatoms. The summed E-state index contributed by atoms with van der Waals surface area (Å²) in [6.07, 6.45) is 1.71. The molecule has 1 saturated heterocycles. The van der Waals surface area contributed by atoms with Crippen molar-refractivity contribution in [1.82, 2.24) is 4.57 Å². The van der Waals surface area contributed by atoms with Gasteiger partial charge in [-0.3, -0.25) is 14.2 Å². The summed E-state index contributed by atoms with van der Waals surface area (Å²) in [5.74, 6) is 0.470. The van der Waals surface area contributed by atoms with Gasteiger partial charge < -0.3 is 14.1 Å². The van der Waals surface area contributed by atoms with Crippen molar-refractivity contribution in [3.05, 3.63) is 40.0 Å². The first-order valence-corrected chi connectivity index (χ1v) is 8.60. The highest BCUT2D eigenvalue weighted by Gasteiger charge is 2.20. The minimum absolute atomic E-state index is 0.0603. The molecule has 4 rings (SSSR count). The fourth-order valence-corrected chi connectivity index (χ4v) is 3.82. The average molecular weight is 344 g/mol. The van der Waals surface area contributed by atoms with Gasteiger partial charge in [0, 0.05) is 37.7 Å². The van der Waals surface area contributed by atoms with Crippen LogP contribution in [0.5, 0.6) is 0 Å². The Kier molecular flexibility index (Phi) is 3.74. The number of hydrogen-bond donors (Lipinski definition) is 0. The van der Waals surface area contributed by atoms with E-state index in [1.165, 1.54) is 24.3 Å². The second-order valence-electron chi connectivity index (χ2n) is 5.64. The monoisotopic (exact) mass is 344 g/mol. The highest BCUT2D eigenvalue weighted by molar-refractivity contribution is 7.17. The number of carbonyl (C=O) groups excluding carboxylic acids is 1. The zero-order valence-electron chi connectivity index (χ0n) is 13.2. The van der Waals surface area contributed by atoms with Crippen molar-refractivity contribution in [1.29, 1.82) is 0 Å². The van der Waals surface area contributed by atoms with Gasteiger partial charge in [0.2, 0.25) is 11.3 Å². The lowest BCUT2D eigenvalue weighted by molar-refractivity contribution is 0.0939. The van der Waals surface area contributed by atoms with E-state index in [1.807, 2.05) is 22.4 Å². The SMILES string of the molecule is CC(=O)n1cccc1-c1csc2c(=O)cc(N3CCOCC3)oc12. The summed E-state index contributed by atoms with van der Waals surface area (Å²) >= 11 is 1.34. The van der Waals surface area contributed by atoms with Gasteiger partial charge in [-0.05, 0) is 12.1 Å². The number of hydrogen-bond acceptors (Lipinski definition) is 6. The lowest BCUT2D eigenvalue weighted by atomic mass is 10.2. The molecule has 0 unspecified atom stereocenters. The number of carbonyl (C=O) groups is 1. The summed E-state index contributed by atoms with van der Waals surface area (Å²) < 4.78 is 13.5. The summed E-state index contributed by atoms with van der Waals surface area (Å²) in [6, 6.07) is 5.20. The predicted octanol–water partition coefficient (Wildman–Crippen LogP) is 2.82.